The maximum Gasteiger partial charge on any atom is 0.267 e. The van der Waals surface area contributed by atoms with Gasteiger partial charge in [-0.15, -0.1) is 0 Å². The van der Waals surface area contributed by atoms with E-state index in [4.69, 9.17) is 4.74 Å². The fourth-order valence-corrected chi connectivity index (χ4v) is 6.30. The molecule has 2 unspecified atom stereocenters. The number of fused-ring (bicyclic) bond motifs is 2. The summed E-state index contributed by atoms with van der Waals surface area (Å²) < 4.78 is 36.0. The number of ether oxygens (including phenoxy) is 1. The predicted octanol–water partition coefficient (Wildman–Crippen LogP) is 1.50. The molecule has 0 aliphatic carbocycles. The number of pyridine rings is 1. The average molecular weight is 445 g/mol. The number of nitrogens with one attached hydrogen (secondary N) is 1. The summed E-state index contributed by atoms with van der Waals surface area (Å²) in [5.41, 5.74) is 2.04. The summed E-state index contributed by atoms with van der Waals surface area (Å²) in [5, 5.41) is 5.30. The van der Waals surface area contributed by atoms with Crippen molar-refractivity contribution in [2.75, 3.05) is 19.0 Å². The first kappa shape index (κ1) is 19.7. The fraction of sp³-hybridized carbons (Fsp3) is 0.350. The van der Waals surface area contributed by atoms with Gasteiger partial charge < -0.3 is 4.74 Å². The number of hydrogen-bond acceptors (Lipinski definition) is 7. The Kier molecular flexibility index (Phi) is 5.10. The lowest BCUT2D eigenvalue weighted by Gasteiger charge is -2.23. The van der Waals surface area contributed by atoms with E-state index in [-0.39, 0.29) is 23.7 Å². The average Bonchev–Trinajstić information content (AvgIpc) is 3.20. The van der Waals surface area contributed by atoms with Crippen molar-refractivity contribution in [1.82, 2.24) is 19.5 Å². The van der Waals surface area contributed by atoms with E-state index < -0.39 is 22.1 Å². The summed E-state index contributed by atoms with van der Waals surface area (Å²) in [7, 11) is -3.88. The van der Waals surface area contributed by atoms with Gasteiger partial charge in [-0.3, -0.25) is 9.78 Å². The Morgan fingerprint density at radius 2 is 2.07 bits per heavy atom. The highest BCUT2D eigenvalue weighted by Gasteiger charge is 2.36. The van der Waals surface area contributed by atoms with Crippen molar-refractivity contribution in [3.8, 4) is 0 Å². The van der Waals surface area contributed by atoms with E-state index in [1.54, 1.807) is 36.2 Å². The van der Waals surface area contributed by atoms with E-state index in [2.05, 4.69) is 14.8 Å². The highest BCUT2D eigenvalue weighted by atomic mass is 32.2. The number of para-hydroxylation sites is 1. The molecule has 1 saturated heterocycles. The van der Waals surface area contributed by atoms with Crippen LogP contribution in [-0.4, -0.2) is 48.2 Å². The molecule has 2 aromatic heterocycles. The fourth-order valence-electron chi connectivity index (χ4n) is 3.92. The lowest BCUT2D eigenvalue weighted by atomic mass is 10.1. The zero-order valence-corrected chi connectivity index (χ0v) is 17.7. The Morgan fingerprint density at radius 1 is 1.20 bits per heavy atom. The van der Waals surface area contributed by atoms with Crippen molar-refractivity contribution in [3.05, 3.63) is 64.2 Å². The summed E-state index contributed by atoms with van der Waals surface area (Å²) in [4.78, 5) is 17.0. The van der Waals surface area contributed by atoms with Crippen LogP contribution in [0.15, 0.2) is 52.3 Å². The zero-order valence-electron chi connectivity index (χ0n) is 16.0. The van der Waals surface area contributed by atoms with Crippen LogP contribution in [0.5, 0.6) is 0 Å². The van der Waals surface area contributed by atoms with Crippen molar-refractivity contribution in [2.24, 2.45) is 0 Å². The molecule has 0 spiro atoms. The molecule has 156 valence electrons. The van der Waals surface area contributed by atoms with Crippen LogP contribution in [0.2, 0.25) is 0 Å². The van der Waals surface area contributed by atoms with Crippen LogP contribution < -0.4 is 10.3 Å². The van der Waals surface area contributed by atoms with Crippen LogP contribution >= 0.6 is 11.8 Å². The monoisotopic (exact) mass is 444 g/mol. The largest absolute Gasteiger partial charge is 0.377 e. The number of aryl methyl sites for hydroxylation is 1. The summed E-state index contributed by atoms with van der Waals surface area (Å²) in [6.07, 6.45) is 2.36. The molecule has 0 amide bonds. The molecule has 3 aromatic rings. The minimum atomic E-state index is -3.88. The van der Waals surface area contributed by atoms with E-state index in [1.807, 2.05) is 12.1 Å². The van der Waals surface area contributed by atoms with Gasteiger partial charge in [-0.05, 0) is 23.4 Å². The van der Waals surface area contributed by atoms with Crippen molar-refractivity contribution in [2.45, 2.75) is 29.2 Å². The van der Waals surface area contributed by atoms with Gasteiger partial charge in [0.1, 0.15) is 4.90 Å². The molecule has 0 bridgehead atoms. The number of thioether (sulfide) groups is 1. The Balaban J connectivity index is 1.48. The molecular formula is C20H20N4O4S2. The molecule has 1 aromatic carbocycles. The van der Waals surface area contributed by atoms with Crippen molar-refractivity contribution in [3.63, 3.8) is 0 Å². The molecule has 1 fully saturated rings. The molecule has 1 N–H and O–H groups in total. The second-order valence-corrected chi connectivity index (χ2v) is 10.2. The van der Waals surface area contributed by atoms with Crippen molar-refractivity contribution < 1.29 is 13.2 Å². The lowest BCUT2D eigenvalue weighted by Crippen LogP contribution is -2.44. The van der Waals surface area contributed by atoms with Crippen molar-refractivity contribution >= 4 is 32.7 Å². The van der Waals surface area contributed by atoms with Gasteiger partial charge in [0.25, 0.3) is 5.56 Å². The second kappa shape index (κ2) is 7.77. The topological polar surface area (TPSA) is 103 Å². The normalized spacial score (nSPS) is 21.6. The molecule has 8 nitrogen and oxygen atoms in total. The maximum absolute atomic E-state index is 13.2. The van der Waals surface area contributed by atoms with Gasteiger partial charge in [-0.1, -0.05) is 18.2 Å². The number of sulfonamides is 1. The predicted molar refractivity (Wildman–Crippen MR) is 114 cm³/mol. The molecule has 2 atom stereocenters. The molecule has 5 rings (SSSR count). The van der Waals surface area contributed by atoms with E-state index in [1.165, 1.54) is 10.7 Å². The lowest BCUT2D eigenvalue weighted by molar-refractivity contribution is 0.181. The minimum Gasteiger partial charge on any atom is -0.377 e. The molecule has 0 radical (unpaired) electrons. The Morgan fingerprint density at radius 3 is 2.97 bits per heavy atom. The standard InChI is InChI=1S/C20H20N4O4S2/c25-19-9-14-12-29-8-6-15(14)22-24(19)17-11-28-10-16(17)23-30(26,27)18-5-1-3-13-4-2-7-21-20(13)18/h1-5,7,9,16-17,23H,6,8,10-12H2. The number of hydrogen-bond donors (Lipinski definition) is 1. The first-order valence-corrected chi connectivity index (χ1v) is 12.3. The highest BCUT2D eigenvalue weighted by Crippen LogP contribution is 2.26. The molecule has 10 heteroatoms. The number of aromatic nitrogens is 3. The van der Waals surface area contributed by atoms with Gasteiger partial charge in [0.2, 0.25) is 10.0 Å². The molecule has 4 heterocycles. The van der Waals surface area contributed by atoms with Gasteiger partial charge in [0.05, 0.1) is 36.5 Å². The molecule has 30 heavy (non-hydrogen) atoms. The Bertz CT molecular complexity index is 1270. The van der Waals surface area contributed by atoms with Crippen molar-refractivity contribution in [1.29, 1.82) is 0 Å². The second-order valence-electron chi connectivity index (χ2n) is 7.37. The maximum atomic E-state index is 13.2. The third kappa shape index (κ3) is 3.53. The summed E-state index contributed by atoms with van der Waals surface area (Å²) in [6.45, 7) is 0.393. The number of nitrogens with zero attached hydrogens (tertiary/aromatic N) is 3. The number of rotatable bonds is 4. The summed E-state index contributed by atoms with van der Waals surface area (Å²) >= 11 is 1.78. The zero-order chi connectivity index (χ0) is 20.7. The summed E-state index contributed by atoms with van der Waals surface area (Å²) in [6, 6.07) is 9.13. The highest BCUT2D eigenvalue weighted by molar-refractivity contribution is 7.98. The van der Waals surface area contributed by atoms with E-state index in [9.17, 15) is 13.2 Å². The van der Waals surface area contributed by atoms with Gasteiger partial charge in [0, 0.05) is 29.8 Å². The molecule has 0 saturated carbocycles. The van der Waals surface area contributed by atoms with E-state index in [0.29, 0.717) is 5.52 Å². The van der Waals surface area contributed by atoms with Gasteiger partial charge in [0.15, 0.2) is 0 Å². The Labute approximate surface area is 177 Å². The SMILES string of the molecule is O=c1cc2c(nn1C1COCC1NS(=O)(=O)c1cccc3cccnc13)CCSC2. The van der Waals surface area contributed by atoms with Crippen LogP contribution in [0.1, 0.15) is 17.3 Å². The third-order valence-electron chi connectivity index (χ3n) is 5.42. The Hall–Kier alpha value is -2.27. The van der Waals surface area contributed by atoms with Crippen LogP contribution in [0, 0.1) is 0 Å². The minimum absolute atomic E-state index is 0.106. The van der Waals surface area contributed by atoms with E-state index >= 15 is 0 Å². The van der Waals surface area contributed by atoms with Gasteiger partial charge in [-0.25, -0.2) is 17.8 Å². The van der Waals surface area contributed by atoms with Crippen LogP contribution in [0.4, 0.5) is 0 Å². The first-order valence-electron chi connectivity index (χ1n) is 9.66. The molecule has 2 aliphatic rings. The van der Waals surface area contributed by atoms with Crippen LogP contribution in [-0.2, 0) is 26.9 Å². The van der Waals surface area contributed by atoms with E-state index in [0.717, 1.165) is 34.6 Å². The first-order chi connectivity index (χ1) is 14.5. The van der Waals surface area contributed by atoms with Gasteiger partial charge >= 0.3 is 0 Å². The van der Waals surface area contributed by atoms with Crippen LogP contribution in [0.3, 0.4) is 0 Å². The smallest absolute Gasteiger partial charge is 0.267 e. The third-order valence-corrected chi connectivity index (χ3v) is 7.95. The summed E-state index contributed by atoms with van der Waals surface area (Å²) in [5.74, 6) is 1.74. The van der Waals surface area contributed by atoms with Gasteiger partial charge in [-0.2, -0.15) is 16.9 Å². The quantitative estimate of drug-likeness (QED) is 0.650. The molecular weight excluding hydrogens is 424 g/mol. The molecule has 2 aliphatic heterocycles. The van der Waals surface area contributed by atoms with Crippen LogP contribution in [0.25, 0.3) is 10.9 Å². The number of benzene rings is 1.